The Hall–Kier alpha value is -1.62. The molecule has 0 radical (unpaired) electrons. The zero-order valence-corrected chi connectivity index (χ0v) is 10.8. The number of aromatic carboxylic acids is 1. The summed E-state index contributed by atoms with van der Waals surface area (Å²) in [5.74, 6) is -1.69. The van der Waals surface area contributed by atoms with E-state index in [1.54, 1.807) is 11.9 Å². The first-order valence-electron chi connectivity index (χ1n) is 5.77. The Morgan fingerprint density at radius 2 is 2.17 bits per heavy atom. The number of benzene rings is 1. The highest BCUT2D eigenvalue weighted by molar-refractivity contribution is 5.94. The topological polar surface area (TPSA) is 49.8 Å². The van der Waals surface area contributed by atoms with Crippen LogP contribution in [0.4, 0.5) is 10.1 Å². The smallest absolute Gasteiger partial charge is 0.337 e. The van der Waals surface area contributed by atoms with Crippen molar-refractivity contribution in [3.8, 4) is 0 Å². The van der Waals surface area contributed by atoms with E-state index in [9.17, 15) is 9.18 Å². The molecule has 0 atom stereocenters. The van der Waals surface area contributed by atoms with E-state index in [4.69, 9.17) is 9.84 Å². The van der Waals surface area contributed by atoms with Crippen LogP contribution in [0.3, 0.4) is 0 Å². The number of nitrogens with zero attached hydrogens (tertiary/aromatic N) is 1. The van der Waals surface area contributed by atoms with Crippen molar-refractivity contribution >= 4 is 11.7 Å². The van der Waals surface area contributed by atoms with Crippen molar-refractivity contribution in [2.24, 2.45) is 0 Å². The van der Waals surface area contributed by atoms with Gasteiger partial charge in [0.05, 0.1) is 24.0 Å². The fourth-order valence-corrected chi connectivity index (χ4v) is 1.56. The number of hydrogen-bond donors (Lipinski definition) is 1. The van der Waals surface area contributed by atoms with Crippen LogP contribution in [0, 0.1) is 5.82 Å². The predicted octanol–water partition coefficient (Wildman–Crippen LogP) is 2.39. The summed E-state index contributed by atoms with van der Waals surface area (Å²) in [6.45, 7) is 4.90. The number of carboxylic acid groups (broad SMARTS) is 1. The summed E-state index contributed by atoms with van der Waals surface area (Å²) in [6, 6.07) is 3.74. The fraction of sp³-hybridized carbons (Fsp3) is 0.462. The molecule has 0 spiro atoms. The van der Waals surface area contributed by atoms with E-state index in [0.29, 0.717) is 18.8 Å². The molecular weight excluding hydrogens is 237 g/mol. The Kier molecular flexibility index (Phi) is 5.09. The Morgan fingerprint density at radius 1 is 1.50 bits per heavy atom. The van der Waals surface area contributed by atoms with Crippen LogP contribution in [0.15, 0.2) is 18.2 Å². The molecule has 0 saturated heterocycles. The molecule has 0 amide bonds. The monoisotopic (exact) mass is 255 g/mol. The number of rotatable bonds is 6. The number of halogens is 1. The van der Waals surface area contributed by atoms with Gasteiger partial charge in [0.25, 0.3) is 0 Å². The predicted molar refractivity (Wildman–Crippen MR) is 67.7 cm³/mol. The van der Waals surface area contributed by atoms with Crippen molar-refractivity contribution in [1.82, 2.24) is 0 Å². The highest BCUT2D eigenvalue weighted by Gasteiger charge is 2.14. The molecule has 0 heterocycles. The van der Waals surface area contributed by atoms with Crippen LogP contribution in [0.5, 0.6) is 0 Å². The molecule has 0 unspecified atom stereocenters. The first kappa shape index (κ1) is 14.4. The number of carbonyl (C=O) groups is 1. The van der Waals surface area contributed by atoms with E-state index in [1.807, 2.05) is 13.8 Å². The second-order valence-electron chi connectivity index (χ2n) is 4.31. The highest BCUT2D eigenvalue weighted by atomic mass is 19.1. The van der Waals surface area contributed by atoms with Gasteiger partial charge in [-0.05, 0) is 32.0 Å². The lowest BCUT2D eigenvalue weighted by Gasteiger charge is -2.21. The Morgan fingerprint density at radius 3 is 2.72 bits per heavy atom. The average molecular weight is 255 g/mol. The molecule has 0 aromatic heterocycles. The van der Waals surface area contributed by atoms with Gasteiger partial charge in [-0.15, -0.1) is 0 Å². The average Bonchev–Trinajstić information content (AvgIpc) is 2.28. The second kappa shape index (κ2) is 6.35. The third-order valence-corrected chi connectivity index (χ3v) is 2.48. The van der Waals surface area contributed by atoms with Gasteiger partial charge >= 0.3 is 5.97 Å². The number of hydrogen-bond acceptors (Lipinski definition) is 3. The molecule has 18 heavy (non-hydrogen) atoms. The van der Waals surface area contributed by atoms with E-state index in [0.717, 1.165) is 6.07 Å². The summed E-state index contributed by atoms with van der Waals surface area (Å²) in [5.41, 5.74) is 0.443. The van der Waals surface area contributed by atoms with Gasteiger partial charge in [-0.2, -0.15) is 0 Å². The van der Waals surface area contributed by atoms with Crippen molar-refractivity contribution in [1.29, 1.82) is 0 Å². The number of carboxylic acids is 1. The maximum absolute atomic E-state index is 13.0. The third-order valence-electron chi connectivity index (χ3n) is 2.48. The molecule has 0 fully saturated rings. The summed E-state index contributed by atoms with van der Waals surface area (Å²) in [5, 5.41) is 9.03. The number of ether oxygens (including phenoxy) is 1. The Bertz CT molecular complexity index is 421. The van der Waals surface area contributed by atoms with Gasteiger partial charge in [0.2, 0.25) is 0 Å². The quantitative estimate of drug-likeness (QED) is 0.848. The summed E-state index contributed by atoms with van der Waals surface area (Å²) in [4.78, 5) is 12.8. The Labute approximate surface area is 106 Å². The molecule has 0 aliphatic carbocycles. The minimum Gasteiger partial charge on any atom is -0.478 e. The van der Waals surface area contributed by atoms with Crippen LogP contribution < -0.4 is 4.90 Å². The zero-order chi connectivity index (χ0) is 13.7. The van der Waals surface area contributed by atoms with Gasteiger partial charge in [0, 0.05) is 13.6 Å². The lowest BCUT2D eigenvalue weighted by atomic mass is 10.1. The first-order valence-corrected chi connectivity index (χ1v) is 5.77. The third kappa shape index (κ3) is 4.00. The molecule has 4 nitrogen and oxygen atoms in total. The standard InChI is InChI=1S/C13H18FNO3/c1-9(2)18-7-6-15(3)12-5-4-10(14)8-11(12)13(16)17/h4-5,8-9H,6-7H2,1-3H3,(H,16,17). The van der Waals surface area contributed by atoms with E-state index < -0.39 is 11.8 Å². The Balaban J connectivity index is 2.78. The van der Waals surface area contributed by atoms with Crippen LogP contribution in [0.2, 0.25) is 0 Å². The van der Waals surface area contributed by atoms with Gasteiger partial charge in [-0.1, -0.05) is 0 Å². The maximum Gasteiger partial charge on any atom is 0.337 e. The SMILES string of the molecule is CC(C)OCCN(C)c1ccc(F)cc1C(=O)O. The van der Waals surface area contributed by atoms with Crippen molar-refractivity contribution in [2.45, 2.75) is 20.0 Å². The van der Waals surface area contributed by atoms with E-state index in [2.05, 4.69) is 0 Å². The molecule has 1 rings (SSSR count). The molecule has 1 aromatic rings. The van der Waals surface area contributed by atoms with Crippen molar-refractivity contribution in [3.05, 3.63) is 29.6 Å². The molecule has 1 N–H and O–H groups in total. The molecule has 0 aliphatic rings. The van der Waals surface area contributed by atoms with Crippen molar-refractivity contribution < 1.29 is 19.0 Å². The number of anilines is 1. The minimum absolute atomic E-state index is 0.0398. The van der Waals surface area contributed by atoms with Crippen LogP contribution in [-0.4, -0.2) is 37.4 Å². The van der Waals surface area contributed by atoms with Crippen LogP contribution >= 0.6 is 0 Å². The summed E-state index contributed by atoms with van der Waals surface area (Å²) >= 11 is 0. The minimum atomic E-state index is -1.14. The van der Waals surface area contributed by atoms with Crippen LogP contribution in [0.1, 0.15) is 24.2 Å². The van der Waals surface area contributed by atoms with E-state index in [1.165, 1.54) is 12.1 Å². The van der Waals surface area contributed by atoms with Crippen molar-refractivity contribution in [2.75, 3.05) is 25.1 Å². The zero-order valence-electron chi connectivity index (χ0n) is 10.8. The maximum atomic E-state index is 13.0. The highest BCUT2D eigenvalue weighted by Crippen LogP contribution is 2.20. The van der Waals surface area contributed by atoms with E-state index in [-0.39, 0.29) is 11.7 Å². The summed E-state index contributed by atoms with van der Waals surface area (Å²) in [6.07, 6.45) is 0.130. The summed E-state index contributed by atoms with van der Waals surface area (Å²) < 4.78 is 18.4. The normalized spacial score (nSPS) is 10.7. The first-order chi connectivity index (χ1) is 8.41. The lowest BCUT2D eigenvalue weighted by molar-refractivity contribution is 0.0695. The van der Waals surface area contributed by atoms with Crippen molar-refractivity contribution in [3.63, 3.8) is 0 Å². The van der Waals surface area contributed by atoms with Gasteiger partial charge in [0.15, 0.2) is 0 Å². The molecule has 5 heteroatoms. The van der Waals surface area contributed by atoms with E-state index >= 15 is 0 Å². The number of likely N-dealkylation sites (N-methyl/N-ethyl adjacent to an activating group) is 1. The molecule has 0 bridgehead atoms. The largest absolute Gasteiger partial charge is 0.478 e. The lowest BCUT2D eigenvalue weighted by Crippen LogP contribution is -2.25. The fourth-order valence-electron chi connectivity index (χ4n) is 1.56. The molecule has 100 valence electrons. The van der Waals surface area contributed by atoms with Gasteiger partial charge in [-0.25, -0.2) is 9.18 Å². The summed E-state index contributed by atoms with van der Waals surface area (Å²) in [7, 11) is 1.75. The molecule has 1 aromatic carbocycles. The molecule has 0 aliphatic heterocycles. The second-order valence-corrected chi connectivity index (χ2v) is 4.31. The van der Waals surface area contributed by atoms with Crippen LogP contribution in [-0.2, 0) is 4.74 Å². The van der Waals surface area contributed by atoms with Gasteiger partial charge in [0.1, 0.15) is 5.82 Å². The van der Waals surface area contributed by atoms with Gasteiger partial charge < -0.3 is 14.7 Å². The molecular formula is C13H18FNO3. The van der Waals surface area contributed by atoms with Crippen LogP contribution in [0.25, 0.3) is 0 Å². The molecule has 0 saturated carbocycles. The van der Waals surface area contributed by atoms with Gasteiger partial charge in [-0.3, -0.25) is 0 Å².